The molecule has 0 saturated carbocycles. The van der Waals surface area contributed by atoms with Gasteiger partial charge in [-0.1, -0.05) is 6.07 Å². The van der Waals surface area contributed by atoms with Gasteiger partial charge >= 0.3 is 0 Å². The van der Waals surface area contributed by atoms with Crippen LogP contribution in [0.3, 0.4) is 0 Å². The van der Waals surface area contributed by atoms with Crippen molar-refractivity contribution in [1.29, 1.82) is 0 Å². The molecule has 7 nitrogen and oxygen atoms in total. The van der Waals surface area contributed by atoms with Crippen LogP contribution in [0.4, 0.5) is 10.1 Å². The van der Waals surface area contributed by atoms with Crippen molar-refractivity contribution in [2.75, 3.05) is 37.0 Å². The summed E-state index contributed by atoms with van der Waals surface area (Å²) in [6.07, 6.45) is 0. The SMILES string of the molecule is C[NH+](CC(=O)Nc1cccc(F)c1)CC(=O)N[C@@H]1CS(=O)(=O)C[C@@H]1Cl. The number of benzene rings is 1. The molecule has 138 valence electrons. The first-order chi connectivity index (χ1) is 11.6. The Morgan fingerprint density at radius 2 is 1.96 bits per heavy atom. The molecule has 10 heteroatoms. The molecule has 0 spiro atoms. The normalized spacial score (nSPS) is 23.0. The highest BCUT2D eigenvalue weighted by Crippen LogP contribution is 2.17. The van der Waals surface area contributed by atoms with Gasteiger partial charge in [-0.05, 0) is 18.2 Å². The molecule has 2 rings (SSSR count). The Hall–Kier alpha value is -1.71. The summed E-state index contributed by atoms with van der Waals surface area (Å²) >= 11 is 5.94. The van der Waals surface area contributed by atoms with E-state index in [0.29, 0.717) is 10.6 Å². The van der Waals surface area contributed by atoms with Crippen LogP contribution in [-0.4, -0.2) is 63.3 Å². The number of likely N-dealkylation sites (N-methyl/N-ethyl adjacent to an activating group) is 1. The first-order valence-corrected chi connectivity index (χ1v) is 9.91. The minimum absolute atomic E-state index is 0.00278. The number of nitrogens with one attached hydrogen (secondary N) is 3. The number of amides is 2. The van der Waals surface area contributed by atoms with Crippen LogP contribution in [0.2, 0.25) is 0 Å². The molecule has 25 heavy (non-hydrogen) atoms. The van der Waals surface area contributed by atoms with Crippen LogP contribution in [0.1, 0.15) is 0 Å². The van der Waals surface area contributed by atoms with Crippen molar-refractivity contribution in [3.05, 3.63) is 30.1 Å². The zero-order valence-corrected chi connectivity index (χ0v) is 15.2. The molecule has 3 N–H and O–H groups in total. The van der Waals surface area contributed by atoms with Crippen LogP contribution >= 0.6 is 11.6 Å². The fraction of sp³-hybridized carbons (Fsp3) is 0.467. The maximum Gasteiger partial charge on any atom is 0.279 e. The van der Waals surface area contributed by atoms with Gasteiger partial charge in [-0.3, -0.25) is 9.59 Å². The Morgan fingerprint density at radius 1 is 1.28 bits per heavy atom. The highest BCUT2D eigenvalue weighted by atomic mass is 35.5. The van der Waals surface area contributed by atoms with Crippen molar-refractivity contribution in [3.63, 3.8) is 0 Å². The molecular formula is C15H20ClFN3O4S+. The number of carbonyl (C=O) groups excluding carboxylic acids is 2. The third-order valence-corrected chi connectivity index (χ3v) is 6.04. The number of alkyl halides is 1. The summed E-state index contributed by atoms with van der Waals surface area (Å²) in [7, 11) is -1.58. The van der Waals surface area contributed by atoms with E-state index in [1.807, 2.05) is 0 Å². The topological polar surface area (TPSA) is 96.8 Å². The summed E-state index contributed by atoms with van der Waals surface area (Å²) in [6.45, 7) is -0.0199. The summed E-state index contributed by atoms with van der Waals surface area (Å²) < 4.78 is 36.0. The van der Waals surface area contributed by atoms with Crippen molar-refractivity contribution in [2.45, 2.75) is 11.4 Å². The van der Waals surface area contributed by atoms with Gasteiger partial charge in [0.2, 0.25) is 0 Å². The van der Waals surface area contributed by atoms with Crippen molar-refractivity contribution in [1.82, 2.24) is 5.32 Å². The van der Waals surface area contributed by atoms with Crippen molar-refractivity contribution < 1.29 is 27.3 Å². The van der Waals surface area contributed by atoms with Gasteiger partial charge in [0.1, 0.15) is 5.82 Å². The Morgan fingerprint density at radius 3 is 2.56 bits per heavy atom. The molecule has 1 heterocycles. The lowest BCUT2D eigenvalue weighted by atomic mass is 10.2. The molecule has 0 aliphatic carbocycles. The lowest BCUT2D eigenvalue weighted by molar-refractivity contribution is -0.862. The van der Waals surface area contributed by atoms with E-state index in [1.54, 1.807) is 13.1 Å². The zero-order chi connectivity index (χ0) is 18.6. The van der Waals surface area contributed by atoms with Crippen molar-refractivity contribution in [2.24, 2.45) is 0 Å². The number of halogens is 2. The van der Waals surface area contributed by atoms with Gasteiger partial charge in [-0.2, -0.15) is 0 Å². The van der Waals surface area contributed by atoms with E-state index in [1.165, 1.54) is 18.2 Å². The van der Waals surface area contributed by atoms with Crippen molar-refractivity contribution in [3.8, 4) is 0 Å². The number of anilines is 1. The van der Waals surface area contributed by atoms with Crippen LogP contribution in [-0.2, 0) is 19.4 Å². The molecule has 1 saturated heterocycles. The van der Waals surface area contributed by atoms with Crippen LogP contribution < -0.4 is 15.5 Å². The fourth-order valence-electron chi connectivity index (χ4n) is 2.58. The minimum atomic E-state index is -3.22. The van der Waals surface area contributed by atoms with Crippen LogP contribution in [0, 0.1) is 5.82 Å². The standard InChI is InChI=1S/C15H19ClFN3O4S/c1-20(6-14(21)18-11-4-2-3-10(17)5-11)7-15(22)19-13-9-25(23,24)8-12(13)16/h2-5,12-13H,6-9H2,1H3,(H,18,21)(H,19,22)/p+1/t12-,13+/m0/s1. The van der Waals surface area contributed by atoms with E-state index in [4.69, 9.17) is 11.6 Å². The third-order valence-electron chi connectivity index (χ3n) is 3.66. The molecule has 1 aliphatic rings. The number of sulfone groups is 1. The van der Waals surface area contributed by atoms with Crippen LogP contribution in [0.25, 0.3) is 0 Å². The average molecular weight is 393 g/mol. The number of quaternary nitrogens is 1. The molecule has 1 unspecified atom stereocenters. The molecule has 2 amide bonds. The van der Waals surface area contributed by atoms with Crippen LogP contribution in [0.5, 0.6) is 0 Å². The highest BCUT2D eigenvalue weighted by molar-refractivity contribution is 7.91. The Kier molecular flexibility index (Phi) is 6.36. The summed E-state index contributed by atoms with van der Waals surface area (Å²) in [6, 6.07) is 4.89. The predicted octanol–water partition coefficient (Wildman–Crippen LogP) is -1.20. The number of hydrogen-bond acceptors (Lipinski definition) is 4. The molecule has 0 bridgehead atoms. The monoisotopic (exact) mass is 392 g/mol. The summed E-state index contributed by atoms with van der Waals surface area (Å²) in [5.74, 6) is -1.54. The van der Waals surface area contributed by atoms with E-state index >= 15 is 0 Å². The largest absolute Gasteiger partial charge is 0.346 e. The van der Waals surface area contributed by atoms with Gasteiger partial charge in [0.15, 0.2) is 22.9 Å². The quantitative estimate of drug-likeness (QED) is 0.530. The smallest absolute Gasteiger partial charge is 0.279 e. The van der Waals surface area contributed by atoms with Gasteiger partial charge < -0.3 is 15.5 Å². The minimum Gasteiger partial charge on any atom is -0.346 e. The van der Waals surface area contributed by atoms with Gasteiger partial charge in [0.05, 0.1) is 30.0 Å². The first-order valence-electron chi connectivity index (χ1n) is 7.65. The molecule has 0 radical (unpaired) electrons. The van der Waals surface area contributed by atoms with E-state index in [2.05, 4.69) is 10.6 Å². The molecule has 0 aromatic heterocycles. The number of hydrogen-bond donors (Lipinski definition) is 3. The Balaban J connectivity index is 1.78. The maximum absolute atomic E-state index is 13.1. The number of rotatable bonds is 6. The van der Waals surface area contributed by atoms with Crippen LogP contribution in [0.15, 0.2) is 24.3 Å². The average Bonchev–Trinajstić information content (AvgIpc) is 2.70. The zero-order valence-electron chi connectivity index (χ0n) is 13.6. The second-order valence-electron chi connectivity index (χ2n) is 6.14. The second kappa shape index (κ2) is 8.11. The van der Waals surface area contributed by atoms with E-state index in [-0.39, 0.29) is 36.4 Å². The Labute approximate surface area is 150 Å². The second-order valence-corrected chi connectivity index (χ2v) is 8.85. The van der Waals surface area contributed by atoms with E-state index in [0.717, 1.165) is 0 Å². The van der Waals surface area contributed by atoms with Gasteiger partial charge in [0, 0.05) is 5.69 Å². The summed E-state index contributed by atoms with van der Waals surface area (Å²) in [5.41, 5.74) is 0.336. The van der Waals surface area contributed by atoms with Gasteiger partial charge in [0.25, 0.3) is 11.8 Å². The molecule has 1 aliphatic heterocycles. The van der Waals surface area contributed by atoms with E-state index < -0.39 is 27.1 Å². The maximum atomic E-state index is 13.1. The molecular weight excluding hydrogens is 373 g/mol. The lowest BCUT2D eigenvalue weighted by Gasteiger charge is -2.17. The highest BCUT2D eigenvalue weighted by Gasteiger charge is 2.37. The molecule has 1 fully saturated rings. The van der Waals surface area contributed by atoms with Crippen molar-refractivity contribution >= 4 is 38.9 Å². The Bertz CT molecular complexity index is 759. The van der Waals surface area contributed by atoms with Gasteiger partial charge in [-0.15, -0.1) is 11.6 Å². The lowest BCUT2D eigenvalue weighted by Crippen LogP contribution is -3.11. The first kappa shape index (κ1) is 19.6. The summed E-state index contributed by atoms with van der Waals surface area (Å²) in [5, 5.41) is 4.49. The number of carbonyl (C=O) groups is 2. The molecule has 1 aromatic carbocycles. The predicted molar refractivity (Wildman–Crippen MR) is 91.9 cm³/mol. The molecule has 3 atom stereocenters. The molecule has 1 aromatic rings. The van der Waals surface area contributed by atoms with Gasteiger partial charge in [-0.25, -0.2) is 12.8 Å². The fourth-order valence-corrected chi connectivity index (χ4v) is 5.13. The summed E-state index contributed by atoms with van der Waals surface area (Å²) in [4.78, 5) is 24.5. The van der Waals surface area contributed by atoms with E-state index in [9.17, 15) is 22.4 Å². The third kappa shape index (κ3) is 6.26.